The van der Waals surface area contributed by atoms with E-state index >= 15 is 0 Å². The Kier molecular flexibility index (Phi) is 6.83. The molecule has 0 saturated heterocycles. The Bertz CT molecular complexity index is 1130. The minimum atomic E-state index is -0.125. The first-order chi connectivity index (χ1) is 14.3. The molecule has 3 nitrogen and oxygen atoms in total. The monoisotopic (exact) mass is 591 g/mol. The number of ketones is 1. The molecule has 2 aliphatic carbocycles. The predicted molar refractivity (Wildman–Crippen MR) is 122 cm³/mol. The summed E-state index contributed by atoms with van der Waals surface area (Å²) >= 11 is 0. The van der Waals surface area contributed by atoms with Crippen LogP contribution in [0.15, 0.2) is 60.4 Å². The Morgan fingerprint density at radius 1 is 1.06 bits per heavy atom. The Balaban J connectivity index is 0.000000299. The van der Waals surface area contributed by atoms with Crippen LogP contribution in [0, 0.1) is 11.5 Å². The van der Waals surface area contributed by atoms with Gasteiger partial charge in [-0.25, -0.2) is 0 Å². The van der Waals surface area contributed by atoms with Crippen LogP contribution in [-0.2, 0) is 24.9 Å². The number of allylic oxidation sites excluding steroid dienone is 2. The molecule has 1 aromatic heterocycles. The quantitative estimate of drug-likeness (QED) is 0.204. The molecule has 1 heterocycles. The van der Waals surface area contributed by atoms with Crippen LogP contribution in [0.2, 0.25) is 0 Å². The van der Waals surface area contributed by atoms with Crippen molar-refractivity contribution in [3.05, 3.63) is 77.6 Å². The predicted octanol–water partition coefficient (Wildman–Crippen LogP) is 6.74. The first-order valence-corrected chi connectivity index (χ1v) is 10.6. The van der Waals surface area contributed by atoms with Gasteiger partial charge in [0, 0.05) is 31.6 Å². The minimum absolute atomic E-state index is 0. The van der Waals surface area contributed by atoms with Gasteiger partial charge in [-0.05, 0) is 61.3 Å². The third kappa shape index (κ3) is 4.24. The van der Waals surface area contributed by atoms with Crippen LogP contribution in [0.5, 0.6) is 0 Å². The van der Waals surface area contributed by atoms with Crippen molar-refractivity contribution in [2.24, 2.45) is 5.41 Å². The summed E-state index contributed by atoms with van der Waals surface area (Å²) in [4.78, 5) is 15.1. The summed E-state index contributed by atoms with van der Waals surface area (Å²) in [6, 6.07) is 20.3. The van der Waals surface area contributed by atoms with E-state index in [9.17, 15) is 4.79 Å². The van der Waals surface area contributed by atoms with Gasteiger partial charge in [0.2, 0.25) is 0 Å². The molecular weight excluding hydrogens is 563 g/mol. The molecule has 1 radical (unpaired) electrons. The van der Waals surface area contributed by atoms with Gasteiger partial charge >= 0.3 is 0 Å². The van der Waals surface area contributed by atoms with Crippen LogP contribution < -0.4 is 0 Å². The van der Waals surface area contributed by atoms with Gasteiger partial charge in [0.25, 0.3) is 0 Å². The van der Waals surface area contributed by atoms with Crippen LogP contribution in [0.1, 0.15) is 63.5 Å². The van der Waals surface area contributed by atoms with Crippen molar-refractivity contribution in [2.45, 2.75) is 52.4 Å². The Labute approximate surface area is 198 Å². The maximum Gasteiger partial charge on any atom is 0.155 e. The second-order valence-electron chi connectivity index (χ2n) is 8.98. The van der Waals surface area contributed by atoms with Gasteiger partial charge in [-0.15, -0.1) is 35.9 Å². The van der Waals surface area contributed by atoms with Gasteiger partial charge in [0.05, 0.1) is 11.3 Å². The zero-order chi connectivity index (χ0) is 21.5. The summed E-state index contributed by atoms with van der Waals surface area (Å²) in [5.41, 5.74) is 6.85. The molecule has 31 heavy (non-hydrogen) atoms. The van der Waals surface area contributed by atoms with E-state index in [1.165, 1.54) is 49.4 Å². The summed E-state index contributed by atoms with van der Waals surface area (Å²) < 4.78 is 0. The zero-order valence-corrected chi connectivity index (χ0v) is 20.8. The fourth-order valence-electron chi connectivity index (χ4n) is 5.37. The third-order valence-corrected chi connectivity index (χ3v) is 6.59. The largest absolute Gasteiger partial charge is 0.512 e. The molecule has 2 aliphatic rings. The summed E-state index contributed by atoms with van der Waals surface area (Å²) in [6.45, 7) is 7.74. The maximum absolute atomic E-state index is 10.0. The smallest absolute Gasteiger partial charge is 0.155 e. The standard InChI is InChI=1S/C22H20N.C5H8O2.Ir/c1-22(2)16-12-13-17(22)20-19(16)15-10-6-7-11-18(15)23-21(20)14-8-4-3-5-9-14;1-4(6)3-5(2)7;/h3-8,10-11,16-17H,12-13H2,1-2H3;3,6H,1-2H3;/q-1;;. The van der Waals surface area contributed by atoms with Crippen LogP contribution in [0.3, 0.4) is 0 Å². The maximum atomic E-state index is 10.0. The van der Waals surface area contributed by atoms with E-state index in [0.29, 0.717) is 17.3 Å². The van der Waals surface area contributed by atoms with Gasteiger partial charge in [-0.2, -0.15) is 0 Å². The number of aromatic nitrogens is 1. The van der Waals surface area contributed by atoms with Gasteiger partial charge < -0.3 is 5.11 Å². The van der Waals surface area contributed by atoms with E-state index < -0.39 is 0 Å². The molecule has 3 aromatic rings. The van der Waals surface area contributed by atoms with E-state index in [0.717, 1.165) is 11.1 Å². The molecule has 1 N–H and O–H groups in total. The molecule has 2 bridgehead atoms. The Morgan fingerprint density at radius 3 is 2.29 bits per heavy atom. The number of aliphatic hydroxyl groups is 1. The first-order valence-electron chi connectivity index (χ1n) is 10.6. The number of nitrogens with zero attached hydrogens (tertiary/aromatic N) is 1. The first kappa shape index (κ1) is 23.4. The van der Waals surface area contributed by atoms with Crippen LogP contribution in [0.25, 0.3) is 22.2 Å². The molecule has 1 saturated carbocycles. The Morgan fingerprint density at radius 2 is 1.71 bits per heavy atom. The molecule has 163 valence electrons. The number of fused-ring (bicyclic) bond motifs is 7. The summed E-state index contributed by atoms with van der Waals surface area (Å²) in [5.74, 6) is 1.23. The molecule has 5 rings (SSSR count). The van der Waals surface area contributed by atoms with E-state index in [4.69, 9.17) is 10.1 Å². The number of para-hydroxylation sites is 1. The van der Waals surface area contributed by atoms with Crippen molar-refractivity contribution < 1.29 is 30.0 Å². The fourth-order valence-corrected chi connectivity index (χ4v) is 5.37. The number of hydrogen-bond donors (Lipinski definition) is 1. The van der Waals surface area contributed by atoms with Gasteiger partial charge in [0.1, 0.15) is 0 Å². The van der Waals surface area contributed by atoms with Crippen molar-refractivity contribution in [3.8, 4) is 11.3 Å². The van der Waals surface area contributed by atoms with Crippen molar-refractivity contribution in [3.63, 3.8) is 0 Å². The van der Waals surface area contributed by atoms with E-state index in [1.54, 1.807) is 5.56 Å². The van der Waals surface area contributed by atoms with Crippen LogP contribution >= 0.6 is 0 Å². The third-order valence-electron chi connectivity index (χ3n) is 6.59. The number of pyridine rings is 1. The molecule has 1 fully saturated rings. The SMILES string of the molecule is CC(=O)C=C(C)O.CC1(C)C2CCC1c1c2c(-c2[c-]cccc2)nc2ccccc12.[Ir]. The normalized spacial score (nSPS) is 20.5. The van der Waals surface area contributed by atoms with Crippen molar-refractivity contribution in [2.75, 3.05) is 0 Å². The molecule has 0 aliphatic heterocycles. The summed E-state index contributed by atoms with van der Waals surface area (Å²) in [6.07, 6.45) is 3.78. The van der Waals surface area contributed by atoms with Crippen molar-refractivity contribution in [1.29, 1.82) is 0 Å². The number of carbonyl (C=O) groups is 1. The fraction of sp³-hybridized carbons (Fsp3) is 0.333. The van der Waals surface area contributed by atoms with E-state index in [-0.39, 0.29) is 31.6 Å². The topological polar surface area (TPSA) is 50.2 Å². The summed E-state index contributed by atoms with van der Waals surface area (Å²) in [7, 11) is 0. The molecule has 2 unspecified atom stereocenters. The number of carbonyl (C=O) groups excluding carboxylic acids is 1. The minimum Gasteiger partial charge on any atom is -0.512 e. The molecular formula is C27H28IrNO2-. The molecule has 2 aromatic carbocycles. The molecule has 0 amide bonds. The molecule has 4 heteroatoms. The number of rotatable bonds is 2. The van der Waals surface area contributed by atoms with Crippen molar-refractivity contribution >= 4 is 16.7 Å². The van der Waals surface area contributed by atoms with E-state index in [1.807, 2.05) is 12.1 Å². The second-order valence-corrected chi connectivity index (χ2v) is 8.98. The van der Waals surface area contributed by atoms with Crippen LogP contribution in [-0.4, -0.2) is 15.9 Å². The van der Waals surface area contributed by atoms with Gasteiger partial charge in [0.15, 0.2) is 5.78 Å². The van der Waals surface area contributed by atoms with E-state index in [2.05, 4.69) is 56.3 Å². The number of benzene rings is 2. The summed E-state index contributed by atoms with van der Waals surface area (Å²) in [5, 5.41) is 9.73. The van der Waals surface area contributed by atoms with Crippen molar-refractivity contribution in [1.82, 2.24) is 4.98 Å². The zero-order valence-electron chi connectivity index (χ0n) is 18.4. The molecule has 0 spiro atoms. The Hall–Kier alpha value is -2.29. The number of aliphatic hydroxyl groups excluding tert-OH is 1. The van der Waals surface area contributed by atoms with Gasteiger partial charge in [-0.3, -0.25) is 9.78 Å². The molecule has 2 atom stereocenters. The average Bonchev–Trinajstić information content (AvgIpc) is 3.13. The van der Waals surface area contributed by atoms with Crippen LogP contribution in [0.4, 0.5) is 0 Å². The number of hydrogen-bond acceptors (Lipinski definition) is 3. The van der Waals surface area contributed by atoms with Gasteiger partial charge in [-0.1, -0.05) is 37.6 Å². The average molecular weight is 591 g/mol. The second kappa shape index (κ2) is 9.06.